The molecule has 1 fully saturated rings. The van der Waals surface area contributed by atoms with Crippen LogP contribution in [0.25, 0.3) is 0 Å². The largest absolute Gasteiger partial charge is 0.408 e. The van der Waals surface area contributed by atoms with Gasteiger partial charge in [-0.2, -0.15) is 4.98 Å². The van der Waals surface area contributed by atoms with E-state index in [9.17, 15) is 0 Å². The van der Waals surface area contributed by atoms with Crippen molar-refractivity contribution >= 4 is 6.01 Å². The molecule has 1 N–H and O–H groups in total. The summed E-state index contributed by atoms with van der Waals surface area (Å²) in [7, 11) is 0. The van der Waals surface area contributed by atoms with Crippen LogP contribution in [0.3, 0.4) is 0 Å². The lowest BCUT2D eigenvalue weighted by Crippen LogP contribution is -2.00. The van der Waals surface area contributed by atoms with Gasteiger partial charge in [-0.15, -0.1) is 5.10 Å². The van der Waals surface area contributed by atoms with Crippen molar-refractivity contribution in [3.8, 4) is 0 Å². The van der Waals surface area contributed by atoms with Gasteiger partial charge in [0.15, 0.2) is 5.82 Å². The molecule has 112 valence electrons. The molecular formula is C15H15N5O2. The molecule has 4 rings (SSSR count). The van der Waals surface area contributed by atoms with Crippen LogP contribution < -0.4 is 5.32 Å². The van der Waals surface area contributed by atoms with Gasteiger partial charge in [0.2, 0.25) is 11.8 Å². The minimum atomic E-state index is 0.369. The van der Waals surface area contributed by atoms with Gasteiger partial charge in [0, 0.05) is 12.3 Å². The van der Waals surface area contributed by atoms with E-state index in [0.717, 1.165) is 18.4 Å². The molecule has 1 aliphatic rings. The van der Waals surface area contributed by atoms with Crippen molar-refractivity contribution in [2.24, 2.45) is 0 Å². The summed E-state index contributed by atoms with van der Waals surface area (Å²) >= 11 is 0. The average Bonchev–Trinajstić information content (AvgIpc) is 3.12. The third-order valence-electron chi connectivity index (χ3n) is 3.47. The third kappa shape index (κ3) is 2.98. The first-order chi connectivity index (χ1) is 10.9. The van der Waals surface area contributed by atoms with Gasteiger partial charge in [-0.3, -0.25) is 0 Å². The lowest BCUT2D eigenvalue weighted by atomic mass is 10.1. The fourth-order valence-corrected chi connectivity index (χ4v) is 2.16. The molecule has 7 heteroatoms. The van der Waals surface area contributed by atoms with Crippen LogP contribution in [0, 0.1) is 0 Å². The van der Waals surface area contributed by atoms with Gasteiger partial charge in [-0.1, -0.05) is 40.6 Å². The first-order valence-corrected chi connectivity index (χ1v) is 7.29. The molecule has 2 heterocycles. The molecule has 3 aromatic rings. The van der Waals surface area contributed by atoms with E-state index >= 15 is 0 Å². The Balaban J connectivity index is 1.35. The minimum Gasteiger partial charge on any atom is -0.408 e. The number of nitrogens with zero attached hydrogens (tertiary/aromatic N) is 4. The Morgan fingerprint density at radius 3 is 2.82 bits per heavy atom. The van der Waals surface area contributed by atoms with Gasteiger partial charge in [-0.25, -0.2) is 0 Å². The molecule has 22 heavy (non-hydrogen) atoms. The molecular weight excluding hydrogens is 282 g/mol. The zero-order valence-corrected chi connectivity index (χ0v) is 11.9. The van der Waals surface area contributed by atoms with E-state index < -0.39 is 0 Å². The molecule has 1 aromatic carbocycles. The van der Waals surface area contributed by atoms with Crippen LogP contribution in [-0.4, -0.2) is 20.3 Å². The van der Waals surface area contributed by atoms with Crippen LogP contribution in [0.1, 0.15) is 41.9 Å². The van der Waals surface area contributed by atoms with E-state index in [0.29, 0.717) is 42.5 Å². The maximum absolute atomic E-state index is 5.51. The molecule has 0 unspecified atom stereocenters. The van der Waals surface area contributed by atoms with E-state index in [1.165, 1.54) is 0 Å². The van der Waals surface area contributed by atoms with Gasteiger partial charge in [0.05, 0.1) is 6.54 Å². The second kappa shape index (κ2) is 5.59. The van der Waals surface area contributed by atoms with Gasteiger partial charge in [0.25, 0.3) is 0 Å². The summed E-state index contributed by atoms with van der Waals surface area (Å²) in [6, 6.07) is 10.4. The molecule has 1 aliphatic carbocycles. The summed E-state index contributed by atoms with van der Waals surface area (Å²) in [6.45, 7) is 0.369. The van der Waals surface area contributed by atoms with Crippen LogP contribution in [0.4, 0.5) is 6.01 Å². The van der Waals surface area contributed by atoms with E-state index in [1.807, 2.05) is 30.3 Å². The smallest absolute Gasteiger partial charge is 0.315 e. The third-order valence-corrected chi connectivity index (χ3v) is 3.47. The molecule has 0 atom stereocenters. The molecule has 1 saturated carbocycles. The van der Waals surface area contributed by atoms with Crippen LogP contribution in [0.2, 0.25) is 0 Å². The van der Waals surface area contributed by atoms with E-state index in [1.54, 1.807) is 0 Å². The van der Waals surface area contributed by atoms with Crippen molar-refractivity contribution in [1.29, 1.82) is 0 Å². The average molecular weight is 297 g/mol. The first kappa shape index (κ1) is 13.0. The number of hydrogen-bond donors (Lipinski definition) is 1. The number of benzene rings is 1. The molecule has 0 radical (unpaired) electrons. The predicted molar refractivity (Wildman–Crippen MR) is 77.1 cm³/mol. The zero-order chi connectivity index (χ0) is 14.8. The summed E-state index contributed by atoms with van der Waals surface area (Å²) in [5.41, 5.74) is 1.15. The van der Waals surface area contributed by atoms with Gasteiger partial charge >= 0.3 is 6.01 Å². The van der Waals surface area contributed by atoms with Crippen molar-refractivity contribution in [3.05, 3.63) is 53.5 Å². The van der Waals surface area contributed by atoms with Crippen LogP contribution in [-0.2, 0) is 13.0 Å². The lowest BCUT2D eigenvalue weighted by molar-refractivity contribution is 0.377. The molecule has 0 bridgehead atoms. The second-order valence-corrected chi connectivity index (χ2v) is 5.34. The summed E-state index contributed by atoms with van der Waals surface area (Å²) in [5.74, 6) is 2.31. The summed E-state index contributed by atoms with van der Waals surface area (Å²) in [4.78, 5) is 4.34. The molecule has 7 nitrogen and oxygen atoms in total. The van der Waals surface area contributed by atoms with Crippen molar-refractivity contribution < 1.29 is 8.94 Å². The maximum atomic E-state index is 5.51. The van der Waals surface area contributed by atoms with E-state index in [-0.39, 0.29) is 0 Å². The fourth-order valence-electron chi connectivity index (χ4n) is 2.16. The maximum Gasteiger partial charge on any atom is 0.315 e. The van der Waals surface area contributed by atoms with E-state index in [2.05, 4.69) is 25.7 Å². The normalized spacial score (nSPS) is 14.2. The van der Waals surface area contributed by atoms with Crippen LogP contribution in [0.5, 0.6) is 0 Å². The molecule has 2 aromatic heterocycles. The monoisotopic (exact) mass is 297 g/mol. The Hall–Kier alpha value is -2.70. The Morgan fingerprint density at radius 2 is 2.00 bits per heavy atom. The Bertz CT molecular complexity index is 748. The Morgan fingerprint density at radius 1 is 1.14 bits per heavy atom. The molecule has 0 saturated heterocycles. The highest BCUT2D eigenvalue weighted by Crippen LogP contribution is 2.39. The minimum absolute atomic E-state index is 0.369. The highest BCUT2D eigenvalue weighted by atomic mass is 16.5. The number of hydrogen-bond acceptors (Lipinski definition) is 7. The second-order valence-electron chi connectivity index (χ2n) is 5.34. The zero-order valence-electron chi connectivity index (χ0n) is 11.9. The van der Waals surface area contributed by atoms with Crippen molar-refractivity contribution in [1.82, 2.24) is 20.3 Å². The molecule has 0 aliphatic heterocycles. The van der Waals surface area contributed by atoms with Gasteiger partial charge in [0.1, 0.15) is 0 Å². The number of rotatable bonds is 6. The molecule has 0 amide bonds. The van der Waals surface area contributed by atoms with Gasteiger partial charge in [-0.05, 0) is 18.4 Å². The lowest BCUT2D eigenvalue weighted by Gasteiger charge is -1.95. The van der Waals surface area contributed by atoms with Crippen molar-refractivity contribution in [2.45, 2.75) is 31.7 Å². The summed E-state index contributed by atoms with van der Waals surface area (Å²) in [6.07, 6.45) is 2.92. The highest BCUT2D eigenvalue weighted by Gasteiger charge is 2.29. The summed E-state index contributed by atoms with van der Waals surface area (Å²) < 4.78 is 10.7. The first-order valence-electron chi connectivity index (χ1n) is 7.29. The van der Waals surface area contributed by atoms with Gasteiger partial charge < -0.3 is 14.3 Å². The summed E-state index contributed by atoms with van der Waals surface area (Å²) in [5, 5.41) is 14.9. The number of anilines is 1. The number of nitrogens with one attached hydrogen (secondary N) is 1. The Kier molecular flexibility index (Phi) is 3.30. The van der Waals surface area contributed by atoms with Crippen LogP contribution >= 0.6 is 0 Å². The fraction of sp³-hybridized carbons (Fsp3) is 0.333. The topological polar surface area (TPSA) is 89.9 Å². The van der Waals surface area contributed by atoms with E-state index in [4.69, 9.17) is 8.94 Å². The molecule has 0 spiro atoms. The van der Waals surface area contributed by atoms with Crippen molar-refractivity contribution in [2.75, 3.05) is 5.32 Å². The predicted octanol–water partition coefficient (Wildman–Crippen LogP) is 2.53. The highest BCUT2D eigenvalue weighted by molar-refractivity contribution is 5.20. The Labute approximate surface area is 126 Å². The van der Waals surface area contributed by atoms with Crippen molar-refractivity contribution in [3.63, 3.8) is 0 Å². The SMILES string of the molecule is c1ccc(Cc2noc(CNc3nnc(C4CC4)o3)n2)cc1. The standard InChI is InChI=1S/C15H15N5O2/c1-2-4-10(5-3-1)8-12-17-13(22-20-12)9-16-15-19-18-14(21-15)11-6-7-11/h1-5,11H,6-9H2,(H,16,19). The quantitative estimate of drug-likeness (QED) is 0.747. The number of aromatic nitrogens is 4. The van der Waals surface area contributed by atoms with Crippen LogP contribution in [0.15, 0.2) is 39.3 Å².